The van der Waals surface area contributed by atoms with E-state index >= 15 is 0 Å². The van der Waals surface area contributed by atoms with E-state index in [1.54, 1.807) is 0 Å². The van der Waals surface area contributed by atoms with E-state index in [1.165, 1.54) is 12.1 Å². The van der Waals surface area contributed by atoms with Crippen LogP contribution >= 0.6 is 15.9 Å². The largest absolute Gasteiger partial charge is 0.316 e. The number of rotatable bonds is 3. The zero-order valence-electron chi connectivity index (χ0n) is 7.35. The molecule has 0 N–H and O–H groups in total. The Morgan fingerprint density at radius 1 is 1.75 bits per heavy atom. The molecule has 0 aromatic rings. The zero-order chi connectivity index (χ0) is 8.97. The van der Waals surface area contributed by atoms with E-state index in [0.29, 0.717) is 5.33 Å². The Balaban J connectivity index is 2.60. The number of nitrogens with zero attached hydrogens (tertiary/aromatic N) is 1. The molecular formula is C9H14BrNO. The van der Waals surface area contributed by atoms with E-state index in [0.717, 1.165) is 19.4 Å². The van der Waals surface area contributed by atoms with Crippen LogP contribution in [-0.2, 0) is 4.79 Å². The highest BCUT2D eigenvalue weighted by molar-refractivity contribution is 9.09. The highest BCUT2D eigenvalue weighted by Gasteiger charge is 2.16. The van der Waals surface area contributed by atoms with E-state index < -0.39 is 0 Å². The molecule has 12 heavy (non-hydrogen) atoms. The highest BCUT2D eigenvalue weighted by atomic mass is 79.9. The van der Waals surface area contributed by atoms with Gasteiger partial charge in [0.1, 0.15) is 0 Å². The topological polar surface area (TPSA) is 20.3 Å². The SMILES string of the molecule is CCN(C(=O)CBr)C1=CCCC1. The minimum Gasteiger partial charge on any atom is -0.316 e. The van der Waals surface area contributed by atoms with Gasteiger partial charge in [-0.3, -0.25) is 4.79 Å². The first-order valence-electron chi connectivity index (χ1n) is 4.35. The second-order valence-electron chi connectivity index (χ2n) is 2.86. The first-order valence-corrected chi connectivity index (χ1v) is 5.47. The Hall–Kier alpha value is -0.310. The average Bonchev–Trinajstić information content (AvgIpc) is 2.58. The van der Waals surface area contributed by atoms with Gasteiger partial charge in [-0.25, -0.2) is 0 Å². The average molecular weight is 232 g/mol. The van der Waals surface area contributed by atoms with Crippen LogP contribution in [0.15, 0.2) is 11.8 Å². The molecule has 2 nitrogen and oxygen atoms in total. The number of allylic oxidation sites excluding steroid dienone is 2. The normalized spacial score (nSPS) is 16.0. The van der Waals surface area contributed by atoms with Gasteiger partial charge in [0.2, 0.25) is 5.91 Å². The van der Waals surface area contributed by atoms with Gasteiger partial charge in [0.25, 0.3) is 0 Å². The van der Waals surface area contributed by atoms with Gasteiger partial charge in [0.15, 0.2) is 0 Å². The van der Waals surface area contributed by atoms with Gasteiger partial charge in [-0.05, 0) is 26.2 Å². The summed E-state index contributed by atoms with van der Waals surface area (Å²) in [6.45, 7) is 2.80. The Morgan fingerprint density at radius 2 is 2.50 bits per heavy atom. The van der Waals surface area contributed by atoms with Crippen LogP contribution in [0.5, 0.6) is 0 Å². The number of alkyl halides is 1. The van der Waals surface area contributed by atoms with Crippen LogP contribution in [0.4, 0.5) is 0 Å². The quantitative estimate of drug-likeness (QED) is 0.683. The predicted molar refractivity (Wildman–Crippen MR) is 53.1 cm³/mol. The molecular weight excluding hydrogens is 218 g/mol. The van der Waals surface area contributed by atoms with Crippen molar-refractivity contribution in [2.75, 3.05) is 11.9 Å². The van der Waals surface area contributed by atoms with Crippen molar-refractivity contribution in [1.82, 2.24) is 4.90 Å². The molecule has 0 spiro atoms. The second-order valence-corrected chi connectivity index (χ2v) is 3.42. The summed E-state index contributed by atoms with van der Waals surface area (Å²) in [4.78, 5) is 13.2. The van der Waals surface area contributed by atoms with Crippen molar-refractivity contribution in [2.45, 2.75) is 26.2 Å². The molecule has 68 valence electrons. The van der Waals surface area contributed by atoms with E-state index in [2.05, 4.69) is 22.0 Å². The number of carbonyl (C=O) groups excluding carboxylic acids is 1. The molecule has 0 saturated carbocycles. The number of halogens is 1. The van der Waals surface area contributed by atoms with Crippen molar-refractivity contribution in [2.24, 2.45) is 0 Å². The fraction of sp³-hybridized carbons (Fsp3) is 0.667. The van der Waals surface area contributed by atoms with Gasteiger partial charge in [-0.1, -0.05) is 22.0 Å². The summed E-state index contributed by atoms with van der Waals surface area (Å²) in [5.74, 6) is 0.172. The van der Waals surface area contributed by atoms with Crippen molar-refractivity contribution in [1.29, 1.82) is 0 Å². The smallest absolute Gasteiger partial charge is 0.237 e. The Bertz CT molecular complexity index is 201. The molecule has 0 radical (unpaired) electrons. The van der Waals surface area contributed by atoms with Gasteiger partial charge in [-0.2, -0.15) is 0 Å². The molecule has 0 saturated heterocycles. The fourth-order valence-corrected chi connectivity index (χ4v) is 1.81. The lowest BCUT2D eigenvalue weighted by Crippen LogP contribution is -2.30. The second kappa shape index (κ2) is 4.65. The van der Waals surface area contributed by atoms with Crippen molar-refractivity contribution < 1.29 is 4.79 Å². The Morgan fingerprint density at radius 3 is 2.92 bits per heavy atom. The zero-order valence-corrected chi connectivity index (χ0v) is 8.93. The molecule has 0 aromatic carbocycles. The molecule has 0 heterocycles. The maximum absolute atomic E-state index is 11.4. The van der Waals surface area contributed by atoms with Gasteiger partial charge < -0.3 is 4.90 Å². The lowest BCUT2D eigenvalue weighted by Gasteiger charge is -2.20. The molecule has 1 amide bonds. The fourth-order valence-electron chi connectivity index (χ4n) is 1.51. The summed E-state index contributed by atoms with van der Waals surface area (Å²) in [6, 6.07) is 0. The van der Waals surface area contributed by atoms with E-state index in [4.69, 9.17) is 0 Å². The molecule has 0 aromatic heterocycles. The third-order valence-electron chi connectivity index (χ3n) is 2.10. The third kappa shape index (κ3) is 2.09. The van der Waals surface area contributed by atoms with E-state index in [9.17, 15) is 4.79 Å². The lowest BCUT2D eigenvalue weighted by atomic mass is 10.3. The molecule has 1 rings (SSSR count). The van der Waals surface area contributed by atoms with Crippen molar-refractivity contribution in [3.63, 3.8) is 0 Å². The summed E-state index contributed by atoms with van der Waals surface area (Å²) in [6.07, 6.45) is 5.55. The number of hydrogen-bond acceptors (Lipinski definition) is 1. The van der Waals surface area contributed by atoms with Crippen molar-refractivity contribution >= 4 is 21.8 Å². The maximum atomic E-state index is 11.4. The minimum absolute atomic E-state index is 0.172. The molecule has 0 aliphatic heterocycles. The Labute approximate surface area is 81.8 Å². The van der Waals surface area contributed by atoms with Gasteiger partial charge in [-0.15, -0.1) is 0 Å². The number of carbonyl (C=O) groups is 1. The van der Waals surface area contributed by atoms with E-state index in [1.807, 2.05) is 11.8 Å². The molecule has 0 atom stereocenters. The van der Waals surface area contributed by atoms with Crippen molar-refractivity contribution in [3.8, 4) is 0 Å². The summed E-state index contributed by atoms with van der Waals surface area (Å²) < 4.78 is 0. The molecule has 0 bridgehead atoms. The number of hydrogen-bond donors (Lipinski definition) is 0. The van der Waals surface area contributed by atoms with Crippen LogP contribution in [0.2, 0.25) is 0 Å². The third-order valence-corrected chi connectivity index (χ3v) is 2.57. The van der Waals surface area contributed by atoms with Gasteiger partial charge in [0.05, 0.1) is 5.33 Å². The van der Waals surface area contributed by atoms with E-state index in [-0.39, 0.29) is 5.91 Å². The molecule has 1 aliphatic rings. The first-order chi connectivity index (χ1) is 5.79. The Kier molecular flexibility index (Phi) is 3.79. The highest BCUT2D eigenvalue weighted by Crippen LogP contribution is 2.21. The van der Waals surface area contributed by atoms with Crippen LogP contribution in [0.25, 0.3) is 0 Å². The number of amides is 1. The molecule has 0 fully saturated rings. The van der Waals surface area contributed by atoms with Gasteiger partial charge in [0, 0.05) is 12.2 Å². The van der Waals surface area contributed by atoms with Crippen LogP contribution in [0.1, 0.15) is 26.2 Å². The monoisotopic (exact) mass is 231 g/mol. The summed E-state index contributed by atoms with van der Waals surface area (Å²) in [5, 5.41) is 0.429. The molecule has 3 heteroatoms. The van der Waals surface area contributed by atoms with Crippen LogP contribution in [-0.4, -0.2) is 22.7 Å². The predicted octanol–water partition coefficient (Wildman–Crippen LogP) is 2.30. The van der Waals surface area contributed by atoms with Crippen molar-refractivity contribution in [3.05, 3.63) is 11.8 Å². The van der Waals surface area contributed by atoms with Gasteiger partial charge >= 0.3 is 0 Å². The van der Waals surface area contributed by atoms with Crippen LogP contribution < -0.4 is 0 Å². The summed E-state index contributed by atoms with van der Waals surface area (Å²) in [7, 11) is 0. The maximum Gasteiger partial charge on any atom is 0.237 e. The first kappa shape index (κ1) is 9.78. The van der Waals surface area contributed by atoms with Crippen LogP contribution in [0.3, 0.4) is 0 Å². The molecule has 0 unspecified atom stereocenters. The summed E-state index contributed by atoms with van der Waals surface area (Å²) in [5.41, 5.74) is 1.21. The summed E-state index contributed by atoms with van der Waals surface area (Å²) >= 11 is 3.18. The van der Waals surface area contributed by atoms with Crippen LogP contribution in [0, 0.1) is 0 Å². The lowest BCUT2D eigenvalue weighted by molar-refractivity contribution is -0.126. The standard InChI is InChI=1S/C9H14BrNO/c1-2-11(9(12)7-10)8-5-3-4-6-8/h5H,2-4,6-7H2,1H3. The minimum atomic E-state index is 0.172. The molecule has 1 aliphatic carbocycles.